The molecule has 0 saturated heterocycles. The lowest BCUT2D eigenvalue weighted by Gasteiger charge is -2.40. The first-order valence-corrected chi connectivity index (χ1v) is 7.37. The zero-order valence-electron chi connectivity index (χ0n) is 12.5. The lowest BCUT2D eigenvalue weighted by atomic mass is 9.69. The molecule has 0 spiro atoms. The summed E-state index contributed by atoms with van der Waals surface area (Å²) >= 11 is 0. The van der Waals surface area contributed by atoms with Crippen molar-refractivity contribution in [2.45, 2.75) is 52.5 Å². The molecule has 1 fully saturated rings. The van der Waals surface area contributed by atoms with Gasteiger partial charge in [0.05, 0.1) is 0 Å². The van der Waals surface area contributed by atoms with Crippen LogP contribution in [0.25, 0.3) is 0 Å². The molecule has 1 heterocycles. The highest BCUT2D eigenvalue weighted by molar-refractivity contribution is 5.94. The molecule has 110 valence electrons. The maximum Gasteiger partial charge on any atom is 0.251 e. The number of hydrogen-bond donors (Lipinski definition) is 2. The van der Waals surface area contributed by atoms with Crippen LogP contribution in [0, 0.1) is 11.3 Å². The molecular weight excluding hydrogens is 252 g/mol. The third-order valence-electron chi connectivity index (χ3n) is 4.23. The summed E-state index contributed by atoms with van der Waals surface area (Å²) in [5, 5.41) is 3.13. The number of nitrogens with one attached hydrogen (secondary N) is 2. The highest BCUT2D eigenvalue weighted by Crippen LogP contribution is 2.38. The van der Waals surface area contributed by atoms with Crippen molar-refractivity contribution in [3.05, 3.63) is 34.2 Å². The zero-order valence-corrected chi connectivity index (χ0v) is 12.5. The van der Waals surface area contributed by atoms with Gasteiger partial charge in [0.25, 0.3) is 5.91 Å². The summed E-state index contributed by atoms with van der Waals surface area (Å²) < 4.78 is 0. The summed E-state index contributed by atoms with van der Waals surface area (Å²) in [6.07, 6.45) is 6.09. The average Bonchev–Trinajstić information content (AvgIpc) is 2.38. The highest BCUT2D eigenvalue weighted by atomic mass is 16.2. The minimum absolute atomic E-state index is 0.141. The molecule has 1 amide bonds. The van der Waals surface area contributed by atoms with Crippen LogP contribution in [-0.2, 0) is 0 Å². The molecule has 4 heteroatoms. The van der Waals surface area contributed by atoms with Gasteiger partial charge in [0.15, 0.2) is 0 Å². The van der Waals surface area contributed by atoms with E-state index in [9.17, 15) is 9.59 Å². The van der Waals surface area contributed by atoms with E-state index in [0.717, 1.165) is 19.3 Å². The third kappa shape index (κ3) is 3.50. The fourth-order valence-corrected chi connectivity index (χ4v) is 3.18. The van der Waals surface area contributed by atoms with Crippen molar-refractivity contribution in [2.24, 2.45) is 11.3 Å². The van der Waals surface area contributed by atoms with Gasteiger partial charge in [-0.3, -0.25) is 9.59 Å². The van der Waals surface area contributed by atoms with Gasteiger partial charge in [-0.05, 0) is 30.2 Å². The number of rotatable bonds is 2. The molecule has 1 aromatic rings. The van der Waals surface area contributed by atoms with Crippen LogP contribution in [0.2, 0.25) is 0 Å². The molecule has 0 bridgehead atoms. The molecule has 4 nitrogen and oxygen atoms in total. The molecule has 1 aromatic heterocycles. The fraction of sp³-hybridized carbons (Fsp3) is 0.625. The number of carbonyl (C=O) groups excluding carboxylic acids is 1. The lowest BCUT2D eigenvalue weighted by molar-refractivity contribution is 0.0830. The molecule has 0 aliphatic heterocycles. The summed E-state index contributed by atoms with van der Waals surface area (Å²) in [6.45, 7) is 6.69. The summed E-state index contributed by atoms with van der Waals surface area (Å²) in [5.74, 6) is 0.347. The quantitative estimate of drug-likeness (QED) is 0.872. The fourth-order valence-electron chi connectivity index (χ4n) is 3.18. The number of amides is 1. The van der Waals surface area contributed by atoms with Gasteiger partial charge < -0.3 is 10.3 Å². The summed E-state index contributed by atoms with van der Waals surface area (Å²) in [7, 11) is 0. The van der Waals surface area contributed by atoms with Gasteiger partial charge in [0, 0.05) is 23.9 Å². The Kier molecular flexibility index (Phi) is 4.31. The van der Waals surface area contributed by atoms with E-state index in [0.29, 0.717) is 11.5 Å². The van der Waals surface area contributed by atoms with Crippen molar-refractivity contribution in [3.8, 4) is 0 Å². The largest absolute Gasteiger partial charge is 0.349 e. The van der Waals surface area contributed by atoms with Gasteiger partial charge in [-0.15, -0.1) is 0 Å². The zero-order chi connectivity index (χ0) is 14.8. The molecular formula is C16H24N2O2. The lowest BCUT2D eigenvalue weighted by Crippen LogP contribution is -2.46. The second-order valence-corrected chi connectivity index (χ2v) is 6.78. The van der Waals surface area contributed by atoms with Crippen LogP contribution in [0.15, 0.2) is 23.1 Å². The molecule has 2 atom stereocenters. The van der Waals surface area contributed by atoms with Gasteiger partial charge in [-0.1, -0.05) is 33.6 Å². The predicted octanol–water partition coefficient (Wildman–Crippen LogP) is 2.71. The van der Waals surface area contributed by atoms with E-state index in [2.05, 4.69) is 31.1 Å². The van der Waals surface area contributed by atoms with Crippen LogP contribution >= 0.6 is 0 Å². The van der Waals surface area contributed by atoms with Crippen LogP contribution in [0.1, 0.15) is 56.8 Å². The van der Waals surface area contributed by atoms with Crippen LogP contribution < -0.4 is 10.9 Å². The molecule has 0 aromatic carbocycles. The van der Waals surface area contributed by atoms with Crippen molar-refractivity contribution in [1.82, 2.24) is 10.3 Å². The molecule has 20 heavy (non-hydrogen) atoms. The standard InChI is InChI=1S/C16H24N2O2/c1-16(2,3)12-6-4-5-7-13(12)18-15(20)11-8-9-17-14(19)10-11/h8-10,12-13H,4-7H2,1-3H3,(H,17,19)(H,18,20). The van der Waals surface area contributed by atoms with Crippen molar-refractivity contribution in [2.75, 3.05) is 0 Å². The highest BCUT2D eigenvalue weighted by Gasteiger charge is 2.34. The Morgan fingerprint density at radius 2 is 2.00 bits per heavy atom. The molecule has 1 aliphatic carbocycles. The van der Waals surface area contributed by atoms with E-state index < -0.39 is 0 Å². The summed E-state index contributed by atoms with van der Waals surface area (Å²) in [4.78, 5) is 26.1. The summed E-state index contributed by atoms with van der Waals surface area (Å²) in [5.41, 5.74) is 0.382. The molecule has 2 rings (SSSR count). The number of aromatic nitrogens is 1. The van der Waals surface area contributed by atoms with Gasteiger partial charge in [-0.25, -0.2) is 0 Å². The van der Waals surface area contributed by atoms with Crippen LogP contribution in [0.5, 0.6) is 0 Å². The van der Waals surface area contributed by atoms with Gasteiger partial charge >= 0.3 is 0 Å². The number of aromatic amines is 1. The van der Waals surface area contributed by atoms with Crippen LogP contribution in [0.3, 0.4) is 0 Å². The van der Waals surface area contributed by atoms with Crippen molar-refractivity contribution in [1.29, 1.82) is 0 Å². The molecule has 1 aliphatic rings. The van der Waals surface area contributed by atoms with Crippen molar-refractivity contribution < 1.29 is 4.79 Å². The van der Waals surface area contributed by atoms with E-state index in [4.69, 9.17) is 0 Å². The first-order valence-electron chi connectivity index (χ1n) is 7.37. The molecule has 2 N–H and O–H groups in total. The Hall–Kier alpha value is -1.58. The first-order chi connectivity index (χ1) is 9.38. The van der Waals surface area contributed by atoms with E-state index >= 15 is 0 Å². The Labute approximate surface area is 120 Å². The average molecular weight is 276 g/mol. The Balaban J connectivity index is 2.11. The van der Waals surface area contributed by atoms with Gasteiger partial charge in [0.2, 0.25) is 5.56 Å². The maximum atomic E-state index is 12.3. The molecule has 0 radical (unpaired) electrons. The predicted molar refractivity (Wildman–Crippen MR) is 79.7 cm³/mol. The van der Waals surface area contributed by atoms with Crippen molar-refractivity contribution >= 4 is 5.91 Å². The normalized spacial score (nSPS) is 23.4. The minimum atomic E-state index is -0.242. The number of pyridine rings is 1. The third-order valence-corrected chi connectivity index (χ3v) is 4.23. The number of hydrogen-bond acceptors (Lipinski definition) is 2. The molecule has 2 unspecified atom stereocenters. The minimum Gasteiger partial charge on any atom is -0.349 e. The Morgan fingerprint density at radius 3 is 2.65 bits per heavy atom. The second-order valence-electron chi connectivity index (χ2n) is 6.78. The Bertz CT molecular complexity index is 528. The van der Waals surface area contributed by atoms with Crippen molar-refractivity contribution in [3.63, 3.8) is 0 Å². The van der Waals surface area contributed by atoms with E-state index in [1.165, 1.54) is 18.7 Å². The maximum absolute atomic E-state index is 12.3. The monoisotopic (exact) mass is 276 g/mol. The first kappa shape index (κ1) is 14.8. The van der Waals surface area contributed by atoms with E-state index in [-0.39, 0.29) is 22.9 Å². The smallest absolute Gasteiger partial charge is 0.251 e. The SMILES string of the molecule is CC(C)(C)C1CCCCC1NC(=O)c1cc[nH]c(=O)c1. The van der Waals surface area contributed by atoms with E-state index in [1.54, 1.807) is 6.07 Å². The number of H-pyrrole nitrogens is 1. The van der Waals surface area contributed by atoms with Gasteiger partial charge in [-0.2, -0.15) is 0 Å². The summed E-state index contributed by atoms with van der Waals surface area (Å²) in [6, 6.07) is 3.20. The van der Waals surface area contributed by atoms with E-state index in [1.807, 2.05) is 0 Å². The van der Waals surface area contributed by atoms with Crippen LogP contribution in [-0.4, -0.2) is 16.9 Å². The Morgan fingerprint density at radius 1 is 1.30 bits per heavy atom. The number of carbonyl (C=O) groups is 1. The topological polar surface area (TPSA) is 62.0 Å². The second kappa shape index (κ2) is 5.81. The molecule has 1 saturated carbocycles. The van der Waals surface area contributed by atoms with Gasteiger partial charge in [0.1, 0.15) is 0 Å². The van der Waals surface area contributed by atoms with Crippen LogP contribution in [0.4, 0.5) is 0 Å².